The molecule has 9 heteroatoms. The SMILES string of the molecule is NC(=O)C1NNC2CCC(Nc3ccc(C(=O)Nc4ccccc4)nn3)CC21. The van der Waals surface area contributed by atoms with Crippen molar-refractivity contribution in [3.63, 3.8) is 0 Å². The highest BCUT2D eigenvalue weighted by Crippen LogP contribution is 2.31. The number of aromatic nitrogens is 2. The van der Waals surface area contributed by atoms with E-state index in [1.165, 1.54) is 0 Å². The maximum absolute atomic E-state index is 12.2. The molecular formula is C19H23N7O2. The molecule has 1 aromatic carbocycles. The molecule has 2 aromatic rings. The minimum Gasteiger partial charge on any atom is -0.368 e. The van der Waals surface area contributed by atoms with Gasteiger partial charge in [0.15, 0.2) is 5.69 Å². The maximum atomic E-state index is 12.2. The summed E-state index contributed by atoms with van der Waals surface area (Å²) in [5.74, 6) is 0.106. The fourth-order valence-electron chi connectivity index (χ4n) is 3.93. The lowest BCUT2D eigenvalue weighted by Crippen LogP contribution is -2.44. The second-order valence-electron chi connectivity index (χ2n) is 7.22. The molecule has 0 bridgehead atoms. The fraction of sp³-hybridized carbons (Fsp3) is 0.368. The Morgan fingerprint density at radius 2 is 1.86 bits per heavy atom. The van der Waals surface area contributed by atoms with E-state index in [2.05, 4.69) is 31.7 Å². The molecule has 28 heavy (non-hydrogen) atoms. The predicted molar refractivity (Wildman–Crippen MR) is 104 cm³/mol. The standard InChI is InChI=1S/C19H23N7O2/c20-18(27)17-13-10-12(6-7-14(13)23-26-17)21-16-9-8-15(24-25-16)19(28)22-11-4-2-1-3-5-11/h1-5,8-9,12-14,17,23,26H,6-7,10H2,(H2,20,27)(H,21,25)(H,22,28). The first kappa shape index (κ1) is 18.3. The number of hydrazine groups is 1. The number of nitrogens with one attached hydrogen (secondary N) is 4. The van der Waals surface area contributed by atoms with Crippen LogP contribution in [0.5, 0.6) is 0 Å². The van der Waals surface area contributed by atoms with Crippen LogP contribution in [0, 0.1) is 5.92 Å². The lowest BCUT2D eigenvalue weighted by atomic mass is 9.79. The number of rotatable bonds is 5. The van der Waals surface area contributed by atoms with Crippen LogP contribution in [0.15, 0.2) is 42.5 Å². The number of hydrogen-bond acceptors (Lipinski definition) is 7. The van der Waals surface area contributed by atoms with E-state index in [4.69, 9.17) is 5.73 Å². The monoisotopic (exact) mass is 381 g/mol. The van der Waals surface area contributed by atoms with E-state index in [9.17, 15) is 9.59 Å². The number of anilines is 2. The molecule has 1 saturated carbocycles. The molecule has 4 atom stereocenters. The number of amides is 2. The predicted octanol–water partition coefficient (Wildman–Crippen LogP) is 0.640. The minimum atomic E-state index is -0.357. The van der Waals surface area contributed by atoms with Gasteiger partial charge in [0, 0.05) is 23.7 Å². The van der Waals surface area contributed by atoms with E-state index in [-0.39, 0.29) is 41.6 Å². The van der Waals surface area contributed by atoms with E-state index in [1.807, 2.05) is 30.3 Å². The summed E-state index contributed by atoms with van der Waals surface area (Å²) in [4.78, 5) is 23.8. The van der Waals surface area contributed by atoms with Gasteiger partial charge in [-0.15, -0.1) is 10.2 Å². The van der Waals surface area contributed by atoms with Gasteiger partial charge in [-0.1, -0.05) is 18.2 Å². The number of para-hydroxylation sites is 1. The molecule has 1 aliphatic heterocycles. The van der Waals surface area contributed by atoms with Crippen LogP contribution in [0.3, 0.4) is 0 Å². The first-order valence-corrected chi connectivity index (χ1v) is 9.37. The van der Waals surface area contributed by atoms with E-state index in [0.717, 1.165) is 19.3 Å². The normalized spacial score (nSPS) is 26.3. The zero-order valence-electron chi connectivity index (χ0n) is 15.3. The first-order valence-electron chi connectivity index (χ1n) is 9.37. The van der Waals surface area contributed by atoms with Gasteiger partial charge in [-0.3, -0.25) is 15.0 Å². The van der Waals surface area contributed by atoms with E-state index < -0.39 is 0 Å². The fourth-order valence-corrected chi connectivity index (χ4v) is 3.93. The van der Waals surface area contributed by atoms with Crippen molar-refractivity contribution in [1.82, 2.24) is 21.0 Å². The molecule has 146 valence electrons. The first-order chi connectivity index (χ1) is 13.6. The molecule has 1 saturated heterocycles. The van der Waals surface area contributed by atoms with Crippen LogP contribution in [0.4, 0.5) is 11.5 Å². The molecular weight excluding hydrogens is 358 g/mol. The third kappa shape index (κ3) is 3.95. The van der Waals surface area contributed by atoms with Crippen LogP contribution < -0.4 is 27.2 Å². The third-order valence-corrected chi connectivity index (χ3v) is 5.34. The molecule has 2 fully saturated rings. The molecule has 2 heterocycles. The summed E-state index contributed by atoms with van der Waals surface area (Å²) >= 11 is 0. The summed E-state index contributed by atoms with van der Waals surface area (Å²) in [6.45, 7) is 0. The second kappa shape index (κ2) is 7.91. The highest BCUT2D eigenvalue weighted by atomic mass is 16.2. The molecule has 0 radical (unpaired) electrons. The summed E-state index contributed by atoms with van der Waals surface area (Å²) in [7, 11) is 0. The third-order valence-electron chi connectivity index (χ3n) is 5.34. The van der Waals surface area contributed by atoms with Crippen molar-refractivity contribution in [2.45, 2.75) is 37.4 Å². The van der Waals surface area contributed by atoms with Crippen molar-refractivity contribution in [2.24, 2.45) is 11.7 Å². The van der Waals surface area contributed by atoms with Crippen molar-refractivity contribution >= 4 is 23.3 Å². The van der Waals surface area contributed by atoms with Gasteiger partial charge in [-0.25, -0.2) is 5.43 Å². The molecule has 0 spiro atoms. The maximum Gasteiger partial charge on any atom is 0.276 e. The summed E-state index contributed by atoms with van der Waals surface area (Å²) in [5, 5.41) is 14.3. The van der Waals surface area contributed by atoms with Crippen molar-refractivity contribution in [2.75, 3.05) is 10.6 Å². The van der Waals surface area contributed by atoms with Crippen LogP contribution in [-0.2, 0) is 4.79 Å². The Morgan fingerprint density at radius 3 is 2.57 bits per heavy atom. The largest absolute Gasteiger partial charge is 0.368 e. The smallest absolute Gasteiger partial charge is 0.276 e. The summed E-state index contributed by atoms with van der Waals surface area (Å²) < 4.78 is 0. The average molecular weight is 381 g/mol. The molecule has 1 aromatic heterocycles. The number of nitrogens with zero attached hydrogens (tertiary/aromatic N) is 2. The number of carbonyl (C=O) groups is 2. The minimum absolute atomic E-state index is 0.146. The number of hydrogen-bond donors (Lipinski definition) is 5. The topological polar surface area (TPSA) is 134 Å². The Kier molecular flexibility index (Phi) is 5.18. The van der Waals surface area contributed by atoms with Crippen molar-refractivity contribution in [1.29, 1.82) is 0 Å². The molecule has 2 amide bonds. The van der Waals surface area contributed by atoms with Gasteiger partial charge >= 0.3 is 0 Å². The Bertz CT molecular complexity index is 843. The molecule has 9 nitrogen and oxygen atoms in total. The molecule has 4 rings (SSSR count). The van der Waals surface area contributed by atoms with Crippen LogP contribution in [-0.4, -0.2) is 40.1 Å². The molecule has 1 aliphatic carbocycles. The Hall–Kier alpha value is -3.04. The number of carbonyl (C=O) groups excluding carboxylic acids is 2. The summed E-state index contributed by atoms with van der Waals surface area (Å²) in [6, 6.07) is 12.7. The van der Waals surface area contributed by atoms with Crippen LogP contribution >= 0.6 is 0 Å². The van der Waals surface area contributed by atoms with E-state index in [1.54, 1.807) is 12.1 Å². The van der Waals surface area contributed by atoms with Crippen molar-refractivity contribution < 1.29 is 9.59 Å². The van der Waals surface area contributed by atoms with Crippen molar-refractivity contribution in [3.05, 3.63) is 48.2 Å². The number of benzene rings is 1. The molecule has 4 unspecified atom stereocenters. The lowest BCUT2D eigenvalue weighted by molar-refractivity contribution is -0.120. The van der Waals surface area contributed by atoms with Gasteiger partial charge < -0.3 is 16.4 Å². The van der Waals surface area contributed by atoms with Crippen LogP contribution in [0.2, 0.25) is 0 Å². The highest BCUT2D eigenvalue weighted by Gasteiger charge is 2.42. The van der Waals surface area contributed by atoms with Gasteiger partial charge in [0.25, 0.3) is 5.91 Å². The van der Waals surface area contributed by atoms with E-state index >= 15 is 0 Å². The molecule has 6 N–H and O–H groups in total. The summed E-state index contributed by atoms with van der Waals surface area (Å²) in [6.07, 6.45) is 2.68. The number of fused-ring (bicyclic) bond motifs is 1. The van der Waals surface area contributed by atoms with Gasteiger partial charge in [0.1, 0.15) is 11.9 Å². The van der Waals surface area contributed by atoms with Gasteiger partial charge in [-0.2, -0.15) is 0 Å². The molecule has 2 aliphatic rings. The van der Waals surface area contributed by atoms with E-state index in [0.29, 0.717) is 11.5 Å². The van der Waals surface area contributed by atoms with Crippen LogP contribution in [0.1, 0.15) is 29.8 Å². The van der Waals surface area contributed by atoms with Gasteiger partial charge in [0.2, 0.25) is 5.91 Å². The van der Waals surface area contributed by atoms with Gasteiger partial charge in [-0.05, 0) is 43.5 Å². The van der Waals surface area contributed by atoms with Gasteiger partial charge in [0.05, 0.1) is 0 Å². The highest BCUT2D eigenvalue weighted by molar-refractivity contribution is 6.02. The second-order valence-corrected chi connectivity index (χ2v) is 7.22. The van der Waals surface area contributed by atoms with Crippen LogP contribution in [0.25, 0.3) is 0 Å². The Morgan fingerprint density at radius 1 is 1.04 bits per heavy atom. The number of primary amides is 1. The zero-order chi connectivity index (χ0) is 19.5. The summed E-state index contributed by atoms with van der Waals surface area (Å²) in [5.41, 5.74) is 12.6. The Balaban J connectivity index is 1.35. The quantitative estimate of drug-likeness (QED) is 0.513. The Labute approximate surface area is 162 Å². The average Bonchev–Trinajstić information content (AvgIpc) is 3.13. The lowest BCUT2D eigenvalue weighted by Gasteiger charge is -2.33. The number of nitrogens with two attached hydrogens (primary N) is 1. The zero-order valence-corrected chi connectivity index (χ0v) is 15.3. The van der Waals surface area contributed by atoms with Crippen molar-refractivity contribution in [3.8, 4) is 0 Å².